The number of aromatic nitrogens is 2. The number of hydrogen-bond donors (Lipinski definition) is 1. The van der Waals surface area contributed by atoms with Crippen LogP contribution in [0, 0.1) is 0 Å². The number of nitrogens with one attached hydrogen (secondary N) is 1. The summed E-state index contributed by atoms with van der Waals surface area (Å²) in [5.74, 6) is 0.0960. The lowest BCUT2D eigenvalue weighted by Gasteiger charge is -2.07. The van der Waals surface area contributed by atoms with Gasteiger partial charge in [0.15, 0.2) is 5.69 Å². The Morgan fingerprint density at radius 2 is 2.10 bits per heavy atom. The van der Waals surface area contributed by atoms with Crippen molar-refractivity contribution in [3.05, 3.63) is 64.5 Å². The van der Waals surface area contributed by atoms with E-state index in [0.717, 1.165) is 0 Å². The molecule has 3 rings (SSSR count). The number of amides is 1. The largest absolute Gasteiger partial charge is 0.467 e. The minimum Gasteiger partial charge on any atom is -0.467 e. The molecule has 3 aromatic rings. The summed E-state index contributed by atoms with van der Waals surface area (Å²) in [4.78, 5) is 28.5. The first-order valence-electron chi connectivity index (χ1n) is 6.43. The summed E-state index contributed by atoms with van der Waals surface area (Å²) in [6, 6.07) is 10.7. The van der Waals surface area contributed by atoms with Gasteiger partial charge in [0, 0.05) is 7.05 Å². The van der Waals surface area contributed by atoms with Crippen molar-refractivity contribution in [1.82, 2.24) is 14.9 Å². The van der Waals surface area contributed by atoms with Crippen molar-refractivity contribution >= 4 is 16.9 Å². The maximum atomic E-state index is 12.2. The van der Waals surface area contributed by atoms with Gasteiger partial charge in [-0.1, -0.05) is 12.1 Å². The van der Waals surface area contributed by atoms with Gasteiger partial charge in [-0.25, -0.2) is 4.98 Å². The highest BCUT2D eigenvalue weighted by Crippen LogP contribution is 2.08. The third-order valence-corrected chi connectivity index (χ3v) is 3.20. The van der Waals surface area contributed by atoms with Gasteiger partial charge < -0.3 is 14.3 Å². The maximum absolute atomic E-state index is 12.2. The predicted molar refractivity (Wildman–Crippen MR) is 76.9 cm³/mol. The number of carbonyl (C=O) groups is 1. The highest BCUT2D eigenvalue weighted by atomic mass is 16.3. The van der Waals surface area contributed by atoms with Crippen LogP contribution in [0.25, 0.3) is 11.0 Å². The van der Waals surface area contributed by atoms with E-state index >= 15 is 0 Å². The number of nitrogens with zero attached hydrogens (tertiary/aromatic N) is 2. The molecule has 2 heterocycles. The third kappa shape index (κ3) is 2.43. The molecule has 0 spiro atoms. The molecule has 0 saturated carbocycles. The van der Waals surface area contributed by atoms with Crippen molar-refractivity contribution in [3.63, 3.8) is 0 Å². The van der Waals surface area contributed by atoms with Crippen LogP contribution in [0.5, 0.6) is 0 Å². The Kier molecular flexibility index (Phi) is 3.27. The van der Waals surface area contributed by atoms with E-state index in [9.17, 15) is 9.59 Å². The molecule has 6 nitrogen and oxygen atoms in total. The van der Waals surface area contributed by atoms with Gasteiger partial charge in [-0.15, -0.1) is 0 Å². The van der Waals surface area contributed by atoms with Crippen molar-refractivity contribution < 1.29 is 9.21 Å². The van der Waals surface area contributed by atoms with Crippen LogP contribution < -0.4 is 10.9 Å². The zero-order valence-corrected chi connectivity index (χ0v) is 11.4. The molecule has 0 radical (unpaired) electrons. The van der Waals surface area contributed by atoms with Crippen LogP contribution in [-0.2, 0) is 13.6 Å². The quantitative estimate of drug-likeness (QED) is 0.789. The van der Waals surface area contributed by atoms with Gasteiger partial charge in [-0.05, 0) is 24.3 Å². The summed E-state index contributed by atoms with van der Waals surface area (Å²) in [5, 5.41) is 2.63. The maximum Gasteiger partial charge on any atom is 0.282 e. The Bertz CT molecular complexity index is 850. The molecule has 0 atom stereocenters. The average Bonchev–Trinajstić information content (AvgIpc) is 3.02. The topological polar surface area (TPSA) is 77.1 Å². The van der Waals surface area contributed by atoms with E-state index in [2.05, 4.69) is 10.3 Å². The number of aryl methyl sites for hydroxylation is 1. The summed E-state index contributed by atoms with van der Waals surface area (Å²) in [5.41, 5.74) is 0.737. The number of hydrogen-bond acceptors (Lipinski definition) is 4. The Morgan fingerprint density at radius 3 is 2.86 bits per heavy atom. The van der Waals surface area contributed by atoms with E-state index in [0.29, 0.717) is 16.8 Å². The molecule has 21 heavy (non-hydrogen) atoms. The molecule has 2 aromatic heterocycles. The van der Waals surface area contributed by atoms with E-state index in [1.54, 1.807) is 31.3 Å². The Morgan fingerprint density at radius 1 is 1.29 bits per heavy atom. The molecule has 1 amide bonds. The van der Waals surface area contributed by atoms with Gasteiger partial charge in [-0.2, -0.15) is 0 Å². The first-order chi connectivity index (χ1) is 10.2. The number of fused-ring (bicyclic) bond motifs is 1. The molecule has 0 unspecified atom stereocenters. The summed E-state index contributed by atoms with van der Waals surface area (Å²) in [7, 11) is 1.62. The summed E-state index contributed by atoms with van der Waals surface area (Å²) in [6.45, 7) is 0.212. The number of furan rings is 1. The molecule has 0 bridgehead atoms. The molecular formula is C15H13N3O3. The molecule has 0 fully saturated rings. The van der Waals surface area contributed by atoms with Gasteiger partial charge in [0.05, 0.1) is 23.8 Å². The van der Waals surface area contributed by atoms with Crippen LogP contribution in [0.4, 0.5) is 0 Å². The van der Waals surface area contributed by atoms with Crippen molar-refractivity contribution in [2.24, 2.45) is 7.05 Å². The van der Waals surface area contributed by atoms with Crippen LogP contribution in [0.15, 0.2) is 51.9 Å². The lowest BCUT2D eigenvalue weighted by atomic mass is 10.2. The molecule has 0 aliphatic carbocycles. The second-order valence-electron chi connectivity index (χ2n) is 4.58. The van der Waals surface area contributed by atoms with Gasteiger partial charge >= 0.3 is 0 Å². The number of rotatable bonds is 3. The van der Waals surface area contributed by atoms with Crippen LogP contribution >= 0.6 is 0 Å². The SMILES string of the molecule is Cn1c(=O)c(C(=O)NCc2ccco2)nc2ccccc21. The van der Waals surface area contributed by atoms with Crippen LogP contribution in [0.2, 0.25) is 0 Å². The summed E-state index contributed by atoms with van der Waals surface area (Å²) < 4.78 is 6.55. The van der Waals surface area contributed by atoms with Crippen molar-refractivity contribution in [3.8, 4) is 0 Å². The number of para-hydroxylation sites is 2. The first kappa shape index (κ1) is 13.1. The van der Waals surface area contributed by atoms with Crippen LogP contribution in [0.3, 0.4) is 0 Å². The van der Waals surface area contributed by atoms with Gasteiger partial charge in [0.1, 0.15) is 5.76 Å². The normalized spacial score (nSPS) is 10.7. The Hall–Kier alpha value is -2.89. The van der Waals surface area contributed by atoms with E-state index in [4.69, 9.17) is 4.42 Å². The zero-order chi connectivity index (χ0) is 14.8. The van der Waals surface area contributed by atoms with Crippen LogP contribution in [-0.4, -0.2) is 15.5 Å². The molecule has 1 aromatic carbocycles. The summed E-state index contributed by atoms with van der Waals surface area (Å²) >= 11 is 0. The Balaban J connectivity index is 1.94. The van der Waals surface area contributed by atoms with E-state index < -0.39 is 11.5 Å². The van der Waals surface area contributed by atoms with Gasteiger partial charge in [-0.3, -0.25) is 9.59 Å². The van der Waals surface area contributed by atoms with Crippen molar-refractivity contribution in [1.29, 1.82) is 0 Å². The molecule has 0 aliphatic heterocycles. The van der Waals surface area contributed by atoms with Crippen molar-refractivity contribution in [2.45, 2.75) is 6.54 Å². The predicted octanol–water partition coefficient (Wildman–Crippen LogP) is 1.46. The lowest BCUT2D eigenvalue weighted by Crippen LogP contribution is -2.33. The fraction of sp³-hybridized carbons (Fsp3) is 0.133. The van der Waals surface area contributed by atoms with Gasteiger partial charge in [0.25, 0.3) is 11.5 Å². The van der Waals surface area contributed by atoms with Crippen LogP contribution in [0.1, 0.15) is 16.2 Å². The highest BCUT2D eigenvalue weighted by molar-refractivity contribution is 5.93. The second-order valence-corrected chi connectivity index (χ2v) is 4.58. The minimum absolute atomic E-state index is 0.122. The molecule has 0 aliphatic rings. The number of benzene rings is 1. The smallest absolute Gasteiger partial charge is 0.282 e. The Labute approximate surface area is 120 Å². The minimum atomic E-state index is -0.516. The summed E-state index contributed by atoms with van der Waals surface area (Å²) in [6.07, 6.45) is 1.52. The van der Waals surface area contributed by atoms with Gasteiger partial charge in [0.2, 0.25) is 0 Å². The average molecular weight is 283 g/mol. The number of carbonyl (C=O) groups excluding carboxylic acids is 1. The fourth-order valence-corrected chi connectivity index (χ4v) is 2.09. The standard InChI is InChI=1S/C15H13N3O3/c1-18-12-7-3-2-6-11(12)17-13(15(18)20)14(19)16-9-10-5-4-8-21-10/h2-8H,9H2,1H3,(H,16,19). The molecule has 6 heteroatoms. The molecule has 1 N–H and O–H groups in total. The highest BCUT2D eigenvalue weighted by Gasteiger charge is 2.15. The third-order valence-electron chi connectivity index (χ3n) is 3.20. The molecule has 0 saturated heterocycles. The zero-order valence-electron chi connectivity index (χ0n) is 11.4. The van der Waals surface area contributed by atoms with E-state index in [1.807, 2.05) is 12.1 Å². The monoisotopic (exact) mass is 283 g/mol. The lowest BCUT2D eigenvalue weighted by molar-refractivity contribution is 0.0941. The van der Waals surface area contributed by atoms with E-state index in [-0.39, 0.29) is 12.2 Å². The fourth-order valence-electron chi connectivity index (χ4n) is 2.09. The van der Waals surface area contributed by atoms with Crippen molar-refractivity contribution in [2.75, 3.05) is 0 Å². The molecule has 106 valence electrons. The molecular weight excluding hydrogens is 270 g/mol. The first-order valence-corrected chi connectivity index (χ1v) is 6.43. The second kappa shape index (κ2) is 5.24. The van der Waals surface area contributed by atoms with E-state index in [1.165, 1.54) is 10.8 Å².